The highest BCUT2D eigenvalue weighted by Gasteiger charge is 2.16. The van der Waals surface area contributed by atoms with Crippen LogP contribution in [-0.4, -0.2) is 16.6 Å². The Balaban J connectivity index is 2.58. The fraction of sp³-hybridized carbons (Fsp3) is 0.312. The molecule has 0 bridgehead atoms. The van der Waals surface area contributed by atoms with Crippen LogP contribution in [0.25, 0.3) is 0 Å². The van der Waals surface area contributed by atoms with Gasteiger partial charge in [0.25, 0.3) is 0 Å². The van der Waals surface area contributed by atoms with Crippen LogP contribution >= 0.6 is 0 Å². The first-order valence-electron chi connectivity index (χ1n) is 6.80. The molecule has 3 N–H and O–H groups in total. The molecule has 0 aliphatic carbocycles. The van der Waals surface area contributed by atoms with E-state index in [1.807, 2.05) is 26.0 Å². The number of nitrogens with zero attached hydrogens (tertiary/aromatic N) is 2. The zero-order valence-corrected chi connectivity index (χ0v) is 12.2. The molecule has 0 spiro atoms. The van der Waals surface area contributed by atoms with Gasteiger partial charge in [0.05, 0.1) is 0 Å². The van der Waals surface area contributed by atoms with Gasteiger partial charge in [0.15, 0.2) is 0 Å². The molecule has 0 saturated carbocycles. The minimum Gasteiger partial charge on any atom is -0.508 e. The number of phenols is 1. The summed E-state index contributed by atoms with van der Waals surface area (Å²) in [4.78, 5) is 6.58. The van der Waals surface area contributed by atoms with Crippen molar-refractivity contribution in [3.8, 4) is 5.75 Å². The largest absolute Gasteiger partial charge is 0.508 e. The van der Waals surface area contributed by atoms with E-state index in [2.05, 4.69) is 16.8 Å². The topological polar surface area (TPSA) is 62.4 Å². The molecular weight excluding hydrogens is 250 g/mol. The maximum Gasteiger partial charge on any atom is 0.137 e. The molecule has 106 valence electrons. The van der Waals surface area contributed by atoms with Gasteiger partial charge in [-0.25, -0.2) is 4.98 Å². The van der Waals surface area contributed by atoms with Crippen LogP contribution in [-0.2, 0) is 6.54 Å². The number of aromatic hydroxyl groups is 1. The lowest BCUT2D eigenvalue weighted by molar-refractivity contribution is 0.475. The SMILES string of the molecule is CCN(c1cc(O)ccc1C)c1nccc(C)c1CN. The van der Waals surface area contributed by atoms with Crippen LogP contribution in [0.2, 0.25) is 0 Å². The fourth-order valence-electron chi connectivity index (χ4n) is 2.38. The first-order chi connectivity index (χ1) is 9.58. The van der Waals surface area contributed by atoms with Crippen molar-refractivity contribution < 1.29 is 5.11 Å². The molecule has 20 heavy (non-hydrogen) atoms. The van der Waals surface area contributed by atoms with Gasteiger partial charge >= 0.3 is 0 Å². The van der Waals surface area contributed by atoms with Crippen LogP contribution in [0, 0.1) is 13.8 Å². The molecule has 0 radical (unpaired) electrons. The molecule has 1 heterocycles. The number of anilines is 2. The maximum atomic E-state index is 9.74. The molecule has 0 fully saturated rings. The zero-order chi connectivity index (χ0) is 14.7. The van der Waals surface area contributed by atoms with E-state index in [1.165, 1.54) is 0 Å². The maximum absolute atomic E-state index is 9.74. The summed E-state index contributed by atoms with van der Waals surface area (Å²) >= 11 is 0. The minimum atomic E-state index is 0.256. The third kappa shape index (κ3) is 2.60. The van der Waals surface area contributed by atoms with Gasteiger partial charge in [-0.05, 0) is 44.0 Å². The lowest BCUT2D eigenvalue weighted by atomic mass is 10.1. The molecule has 0 atom stereocenters. The quantitative estimate of drug-likeness (QED) is 0.897. The van der Waals surface area contributed by atoms with E-state index in [0.717, 1.165) is 34.7 Å². The van der Waals surface area contributed by atoms with E-state index < -0.39 is 0 Å². The van der Waals surface area contributed by atoms with E-state index >= 15 is 0 Å². The first-order valence-corrected chi connectivity index (χ1v) is 6.80. The molecule has 1 aromatic heterocycles. The lowest BCUT2D eigenvalue weighted by Crippen LogP contribution is -2.21. The van der Waals surface area contributed by atoms with E-state index in [4.69, 9.17) is 5.73 Å². The van der Waals surface area contributed by atoms with Gasteiger partial charge in [0.1, 0.15) is 11.6 Å². The average Bonchev–Trinajstić information content (AvgIpc) is 2.44. The second kappa shape index (κ2) is 5.92. The number of benzene rings is 1. The molecule has 0 aliphatic heterocycles. The van der Waals surface area contributed by atoms with Crippen LogP contribution in [0.15, 0.2) is 30.5 Å². The molecule has 2 rings (SSSR count). The Bertz CT molecular complexity index is 611. The standard InChI is InChI=1S/C16H21N3O/c1-4-19(15-9-13(20)6-5-12(15)3)16-14(10-17)11(2)7-8-18-16/h5-9,20H,4,10,17H2,1-3H3. The zero-order valence-electron chi connectivity index (χ0n) is 12.2. The highest BCUT2D eigenvalue weighted by atomic mass is 16.3. The van der Waals surface area contributed by atoms with Crippen molar-refractivity contribution in [1.82, 2.24) is 4.98 Å². The Hall–Kier alpha value is -2.07. The van der Waals surface area contributed by atoms with Crippen molar-refractivity contribution in [3.05, 3.63) is 47.2 Å². The van der Waals surface area contributed by atoms with E-state index in [9.17, 15) is 5.11 Å². The third-order valence-corrected chi connectivity index (χ3v) is 3.53. The Morgan fingerprint density at radius 3 is 2.60 bits per heavy atom. The number of pyridine rings is 1. The van der Waals surface area contributed by atoms with Crippen LogP contribution in [0.1, 0.15) is 23.6 Å². The molecule has 0 unspecified atom stereocenters. The van der Waals surface area contributed by atoms with Crippen molar-refractivity contribution in [2.24, 2.45) is 5.73 Å². The summed E-state index contributed by atoms with van der Waals surface area (Å²) in [5, 5.41) is 9.74. The van der Waals surface area contributed by atoms with Gasteiger partial charge in [0, 0.05) is 36.6 Å². The monoisotopic (exact) mass is 271 g/mol. The van der Waals surface area contributed by atoms with Crippen LogP contribution in [0.5, 0.6) is 5.75 Å². The second-order valence-electron chi connectivity index (χ2n) is 4.85. The molecule has 4 heteroatoms. The number of hydrogen-bond acceptors (Lipinski definition) is 4. The van der Waals surface area contributed by atoms with Crippen LogP contribution in [0.4, 0.5) is 11.5 Å². The Kier molecular flexibility index (Phi) is 4.25. The van der Waals surface area contributed by atoms with Gasteiger partial charge < -0.3 is 15.7 Å². The number of aromatic nitrogens is 1. The van der Waals surface area contributed by atoms with Gasteiger partial charge in [-0.2, -0.15) is 0 Å². The van der Waals surface area contributed by atoms with Crippen molar-refractivity contribution in [1.29, 1.82) is 0 Å². The number of nitrogens with two attached hydrogens (primary N) is 1. The first kappa shape index (κ1) is 14.3. The summed E-state index contributed by atoms with van der Waals surface area (Å²) < 4.78 is 0. The normalized spacial score (nSPS) is 10.6. The molecule has 4 nitrogen and oxygen atoms in total. The van der Waals surface area contributed by atoms with Crippen LogP contribution < -0.4 is 10.6 Å². The highest BCUT2D eigenvalue weighted by Crippen LogP contribution is 2.32. The minimum absolute atomic E-state index is 0.256. The van der Waals surface area contributed by atoms with Crippen molar-refractivity contribution in [2.75, 3.05) is 11.4 Å². The second-order valence-corrected chi connectivity index (χ2v) is 4.85. The Morgan fingerprint density at radius 2 is 1.95 bits per heavy atom. The lowest BCUT2D eigenvalue weighted by Gasteiger charge is -2.26. The predicted molar refractivity (Wildman–Crippen MR) is 82.4 cm³/mol. The predicted octanol–water partition coefficient (Wildman–Crippen LogP) is 3.02. The molecule has 1 aromatic carbocycles. The van der Waals surface area contributed by atoms with Crippen molar-refractivity contribution in [2.45, 2.75) is 27.3 Å². The third-order valence-electron chi connectivity index (χ3n) is 3.53. The molecular formula is C16H21N3O. The van der Waals surface area contributed by atoms with Crippen molar-refractivity contribution >= 4 is 11.5 Å². The van der Waals surface area contributed by atoms with E-state index in [1.54, 1.807) is 18.3 Å². The summed E-state index contributed by atoms with van der Waals surface area (Å²) in [6.45, 7) is 7.33. The van der Waals surface area contributed by atoms with E-state index in [0.29, 0.717) is 6.54 Å². The van der Waals surface area contributed by atoms with Gasteiger partial charge in [0.2, 0.25) is 0 Å². The molecule has 0 aliphatic rings. The summed E-state index contributed by atoms with van der Waals surface area (Å²) in [5.74, 6) is 1.12. The summed E-state index contributed by atoms with van der Waals surface area (Å²) in [6.07, 6.45) is 1.80. The Morgan fingerprint density at radius 1 is 1.20 bits per heavy atom. The average molecular weight is 271 g/mol. The molecule has 2 aromatic rings. The van der Waals surface area contributed by atoms with Crippen molar-refractivity contribution in [3.63, 3.8) is 0 Å². The summed E-state index contributed by atoms with van der Waals surface area (Å²) in [5.41, 5.74) is 10.1. The van der Waals surface area contributed by atoms with Gasteiger partial charge in [-0.3, -0.25) is 0 Å². The summed E-state index contributed by atoms with van der Waals surface area (Å²) in [6, 6.07) is 7.34. The Labute approximate surface area is 119 Å². The highest BCUT2D eigenvalue weighted by molar-refractivity contribution is 5.68. The summed E-state index contributed by atoms with van der Waals surface area (Å²) in [7, 11) is 0. The number of aryl methyl sites for hydroxylation is 2. The van der Waals surface area contributed by atoms with Gasteiger partial charge in [-0.1, -0.05) is 6.07 Å². The molecule has 0 amide bonds. The molecule has 0 saturated heterocycles. The fourth-order valence-corrected chi connectivity index (χ4v) is 2.38. The van der Waals surface area contributed by atoms with Gasteiger partial charge in [-0.15, -0.1) is 0 Å². The smallest absolute Gasteiger partial charge is 0.137 e. The van der Waals surface area contributed by atoms with Crippen LogP contribution in [0.3, 0.4) is 0 Å². The van der Waals surface area contributed by atoms with E-state index in [-0.39, 0.29) is 5.75 Å². The number of hydrogen-bond donors (Lipinski definition) is 2. The number of phenolic OH excluding ortho intramolecular Hbond substituents is 1. The number of rotatable bonds is 4.